The smallest absolute Gasteiger partial charge is 0.406 e. The van der Waals surface area contributed by atoms with E-state index in [0.717, 1.165) is 22.6 Å². The van der Waals surface area contributed by atoms with Gasteiger partial charge in [-0.2, -0.15) is 0 Å². The number of ketones is 1. The fourth-order valence-corrected chi connectivity index (χ4v) is 4.57. The summed E-state index contributed by atoms with van der Waals surface area (Å²) in [5.74, 6) is -0.233. The Balaban J connectivity index is 1.54. The Bertz CT molecular complexity index is 1200. The normalized spacial score (nSPS) is 20.2. The van der Waals surface area contributed by atoms with Crippen molar-refractivity contribution in [3.8, 4) is 5.75 Å². The first-order valence-electron chi connectivity index (χ1n) is 10.7. The zero-order valence-corrected chi connectivity index (χ0v) is 17.5. The third kappa shape index (κ3) is 4.44. The molecule has 0 amide bonds. The Hall–Kier alpha value is -3.74. The Kier molecular flexibility index (Phi) is 5.32. The van der Waals surface area contributed by atoms with E-state index in [2.05, 4.69) is 15.4 Å². The fourth-order valence-electron chi connectivity index (χ4n) is 4.57. The van der Waals surface area contributed by atoms with Crippen LogP contribution in [0.25, 0.3) is 0 Å². The number of alkyl halides is 3. The van der Waals surface area contributed by atoms with Gasteiger partial charge in [-0.15, -0.1) is 13.2 Å². The number of fused-ring (bicyclic) bond motifs is 1. The van der Waals surface area contributed by atoms with E-state index < -0.39 is 12.4 Å². The van der Waals surface area contributed by atoms with Crippen molar-refractivity contribution >= 4 is 17.2 Å². The van der Waals surface area contributed by atoms with Gasteiger partial charge in [0.25, 0.3) is 0 Å². The average molecular weight is 450 g/mol. The molecule has 1 heterocycles. The molecule has 0 radical (unpaired) electrons. The number of carbonyl (C=O) groups excluding carboxylic acids is 1. The van der Waals surface area contributed by atoms with Crippen LogP contribution in [0.15, 0.2) is 90.1 Å². The molecule has 2 aliphatic rings. The van der Waals surface area contributed by atoms with Gasteiger partial charge >= 0.3 is 6.36 Å². The molecule has 168 valence electrons. The first-order valence-corrected chi connectivity index (χ1v) is 10.7. The van der Waals surface area contributed by atoms with Gasteiger partial charge in [0, 0.05) is 17.7 Å². The number of nitrogens with one attached hydrogen (secondary N) is 2. The van der Waals surface area contributed by atoms with Gasteiger partial charge in [-0.05, 0) is 47.7 Å². The first-order chi connectivity index (χ1) is 15.9. The van der Waals surface area contributed by atoms with Crippen LogP contribution in [0.5, 0.6) is 5.75 Å². The van der Waals surface area contributed by atoms with Crippen LogP contribution in [0.1, 0.15) is 35.9 Å². The molecule has 0 aromatic heterocycles. The van der Waals surface area contributed by atoms with E-state index in [1.54, 1.807) is 12.1 Å². The third-order valence-electron chi connectivity index (χ3n) is 6.03. The molecule has 0 spiro atoms. The lowest BCUT2D eigenvalue weighted by Crippen LogP contribution is -2.26. The van der Waals surface area contributed by atoms with E-state index in [9.17, 15) is 18.0 Å². The summed E-state index contributed by atoms with van der Waals surface area (Å²) < 4.78 is 41.7. The standard InChI is InChI=1S/C26H21F3N2O2/c27-26(28,29)33-19-12-10-17(11-13-19)25-24-22(30-20-8-4-5-9-21(20)31-25)14-18(15-23(24)32)16-6-2-1-3-7-16/h1-13,18,25,30-31H,14-15H2/t18-,25+/m0/s1. The van der Waals surface area contributed by atoms with Crippen molar-refractivity contribution in [1.82, 2.24) is 0 Å². The molecule has 33 heavy (non-hydrogen) atoms. The third-order valence-corrected chi connectivity index (χ3v) is 6.03. The van der Waals surface area contributed by atoms with E-state index in [0.29, 0.717) is 24.0 Å². The summed E-state index contributed by atoms with van der Waals surface area (Å²) in [7, 11) is 0. The molecule has 7 heteroatoms. The van der Waals surface area contributed by atoms with E-state index in [1.165, 1.54) is 12.1 Å². The van der Waals surface area contributed by atoms with Crippen molar-refractivity contribution in [2.75, 3.05) is 10.6 Å². The van der Waals surface area contributed by atoms with Gasteiger partial charge in [-0.1, -0.05) is 54.6 Å². The molecule has 3 aromatic rings. The minimum Gasteiger partial charge on any atom is -0.406 e. The quantitative estimate of drug-likeness (QED) is 0.474. The fraction of sp³-hybridized carbons (Fsp3) is 0.192. The lowest BCUT2D eigenvalue weighted by Gasteiger charge is -2.30. The summed E-state index contributed by atoms with van der Waals surface area (Å²) in [4.78, 5) is 13.4. The van der Waals surface area contributed by atoms with Crippen molar-refractivity contribution < 1.29 is 22.7 Å². The molecule has 0 fully saturated rings. The van der Waals surface area contributed by atoms with Gasteiger partial charge in [0.05, 0.1) is 17.4 Å². The van der Waals surface area contributed by atoms with Crippen LogP contribution < -0.4 is 15.4 Å². The van der Waals surface area contributed by atoms with Crippen LogP contribution in [0.4, 0.5) is 24.5 Å². The van der Waals surface area contributed by atoms with E-state index in [-0.39, 0.29) is 17.5 Å². The maximum atomic E-state index is 13.4. The van der Waals surface area contributed by atoms with Crippen molar-refractivity contribution in [3.05, 3.63) is 101 Å². The number of hydrogen-bond acceptors (Lipinski definition) is 4. The maximum Gasteiger partial charge on any atom is 0.573 e. The highest BCUT2D eigenvalue weighted by Crippen LogP contribution is 2.44. The minimum atomic E-state index is -4.76. The molecule has 3 aromatic carbocycles. The molecule has 1 aliphatic heterocycles. The summed E-state index contributed by atoms with van der Waals surface area (Å²) in [6.07, 6.45) is -3.73. The predicted octanol–water partition coefficient (Wildman–Crippen LogP) is 6.56. The average Bonchev–Trinajstić information content (AvgIpc) is 2.96. The van der Waals surface area contributed by atoms with Gasteiger partial charge in [0.1, 0.15) is 5.75 Å². The largest absolute Gasteiger partial charge is 0.573 e. The van der Waals surface area contributed by atoms with E-state index in [4.69, 9.17) is 0 Å². The molecule has 1 aliphatic carbocycles. The zero-order chi connectivity index (χ0) is 23.0. The Labute approximate surface area is 189 Å². The maximum absolute atomic E-state index is 13.4. The lowest BCUT2D eigenvalue weighted by molar-refractivity contribution is -0.274. The minimum absolute atomic E-state index is 0.0125. The number of benzene rings is 3. The zero-order valence-electron chi connectivity index (χ0n) is 17.5. The second-order valence-electron chi connectivity index (χ2n) is 8.20. The molecule has 4 nitrogen and oxygen atoms in total. The number of para-hydroxylation sites is 2. The molecular weight excluding hydrogens is 429 g/mol. The number of halogens is 3. The second-order valence-corrected chi connectivity index (χ2v) is 8.20. The van der Waals surface area contributed by atoms with Crippen molar-refractivity contribution in [2.24, 2.45) is 0 Å². The Morgan fingerprint density at radius 1 is 0.788 bits per heavy atom. The number of allylic oxidation sites excluding steroid dienone is 1. The van der Waals surface area contributed by atoms with E-state index >= 15 is 0 Å². The first kappa shape index (κ1) is 21.1. The highest BCUT2D eigenvalue weighted by molar-refractivity contribution is 6.01. The van der Waals surface area contributed by atoms with Crippen molar-refractivity contribution in [3.63, 3.8) is 0 Å². The monoisotopic (exact) mass is 450 g/mol. The van der Waals surface area contributed by atoms with Gasteiger partial charge in [-0.25, -0.2) is 0 Å². The highest BCUT2D eigenvalue weighted by Gasteiger charge is 2.36. The SMILES string of the molecule is O=C1C[C@@H](c2ccccc2)CC2=C1[C@@H](c1ccc(OC(F)(F)F)cc1)Nc1ccccc1N2. The van der Waals surface area contributed by atoms with Gasteiger partial charge in [0.15, 0.2) is 5.78 Å². The Morgan fingerprint density at radius 3 is 2.15 bits per heavy atom. The highest BCUT2D eigenvalue weighted by atomic mass is 19.4. The van der Waals surface area contributed by atoms with Crippen LogP contribution in [0, 0.1) is 0 Å². The van der Waals surface area contributed by atoms with Gasteiger partial charge < -0.3 is 15.4 Å². The van der Waals surface area contributed by atoms with Crippen LogP contribution in [0.2, 0.25) is 0 Å². The van der Waals surface area contributed by atoms with E-state index in [1.807, 2.05) is 54.6 Å². The lowest BCUT2D eigenvalue weighted by atomic mass is 9.78. The second kappa shape index (κ2) is 8.31. The molecule has 0 unspecified atom stereocenters. The number of hydrogen-bond donors (Lipinski definition) is 2. The number of carbonyl (C=O) groups is 1. The number of Topliss-reactive ketones (excluding diaryl/α,β-unsaturated/α-hetero) is 1. The summed E-state index contributed by atoms with van der Waals surface area (Å²) in [5, 5.41) is 6.88. The molecule has 0 saturated heterocycles. The molecule has 2 atom stereocenters. The van der Waals surface area contributed by atoms with Crippen molar-refractivity contribution in [2.45, 2.75) is 31.2 Å². The van der Waals surface area contributed by atoms with Gasteiger partial charge in [0.2, 0.25) is 0 Å². The van der Waals surface area contributed by atoms with Gasteiger partial charge in [-0.3, -0.25) is 4.79 Å². The number of ether oxygens (including phenoxy) is 1. The molecular formula is C26H21F3N2O2. The van der Waals surface area contributed by atoms with Crippen LogP contribution in [0.3, 0.4) is 0 Å². The summed E-state index contributed by atoms with van der Waals surface area (Å²) >= 11 is 0. The summed E-state index contributed by atoms with van der Waals surface area (Å²) in [6, 6.07) is 22.8. The van der Waals surface area contributed by atoms with Crippen LogP contribution in [-0.2, 0) is 4.79 Å². The summed E-state index contributed by atoms with van der Waals surface area (Å²) in [5.41, 5.74) is 4.90. The molecule has 5 rings (SSSR count). The van der Waals surface area contributed by atoms with Crippen molar-refractivity contribution in [1.29, 1.82) is 0 Å². The summed E-state index contributed by atoms with van der Waals surface area (Å²) in [6.45, 7) is 0. The number of anilines is 2. The van der Waals surface area contributed by atoms with Crippen LogP contribution in [-0.4, -0.2) is 12.1 Å². The van der Waals surface area contributed by atoms with Crippen LogP contribution >= 0.6 is 0 Å². The predicted molar refractivity (Wildman–Crippen MR) is 120 cm³/mol. The molecule has 0 saturated carbocycles. The Morgan fingerprint density at radius 2 is 1.45 bits per heavy atom. The topological polar surface area (TPSA) is 50.4 Å². The molecule has 0 bridgehead atoms. The molecule has 2 N–H and O–H groups in total. The number of rotatable bonds is 3.